The summed E-state index contributed by atoms with van der Waals surface area (Å²) in [5.41, 5.74) is 5.59. The molecule has 1 saturated carbocycles. The van der Waals surface area contributed by atoms with Gasteiger partial charge in [-0.05, 0) is 42.9 Å². The van der Waals surface area contributed by atoms with Gasteiger partial charge in [0.1, 0.15) is 5.82 Å². The molecule has 0 heterocycles. The Morgan fingerprint density at radius 1 is 1.26 bits per heavy atom. The van der Waals surface area contributed by atoms with Crippen molar-refractivity contribution in [2.24, 2.45) is 11.8 Å². The quantitative estimate of drug-likeness (QED) is 0.836. The van der Waals surface area contributed by atoms with Crippen LogP contribution in [0.5, 0.6) is 0 Å². The van der Waals surface area contributed by atoms with E-state index in [0.717, 1.165) is 25.0 Å². The molecule has 0 spiro atoms. The number of hydrogen-bond donors (Lipinski definition) is 2. The number of nitrogens with two attached hydrogens (primary N) is 1. The van der Waals surface area contributed by atoms with Crippen LogP contribution in [-0.4, -0.2) is 14.5 Å². The molecule has 0 bridgehead atoms. The maximum absolute atomic E-state index is 13.2. The molecule has 1 fully saturated rings. The number of sulfonamides is 1. The van der Waals surface area contributed by atoms with Gasteiger partial charge in [0.15, 0.2) is 0 Å². The van der Waals surface area contributed by atoms with Crippen molar-refractivity contribution in [3.05, 3.63) is 24.0 Å². The van der Waals surface area contributed by atoms with E-state index < -0.39 is 15.8 Å². The van der Waals surface area contributed by atoms with Gasteiger partial charge in [-0.3, -0.25) is 0 Å². The Bertz CT molecular complexity index is 554. The monoisotopic (exact) mass is 286 g/mol. The van der Waals surface area contributed by atoms with Crippen LogP contribution in [0.1, 0.15) is 26.7 Å². The average Bonchev–Trinajstić information content (AvgIpc) is 2.59. The van der Waals surface area contributed by atoms with Gasteiger partial charge in [-0.25, -0.2) is 17.5 Å². The molecule has 6 heteroatoms. The van der Waals surface area contributed by atoms with Crippen LogP contribution in [0, 0.1) is 17.7 Å². The molecule has 106 valence electrons. The molecule has 0 aromatic heterocycles. The summed E-state index contributed by atoms with van der Waals surface area (Å²) in [6.07, 6.45) is 1.81. The van der Waals surface area contributed by atoms with Crippen molar-refractivity contribution in [3.8, 4) is 0 Å². The first-order chi connectivity index (χ1) is 8.79. The Morgan fingerprint density at radius 3 is 2.47 bits per heavy atom. The molecule has 0 radical (unpaired) electrons. The van der Waals surface area contributed by atoms with Crippen LogP contribution in [0.3, 0.4) is 0 Å². The normalized spacial score (nSPS) is 27.6. The van der Waals surface area contributed by atoms with E-state index >= 15 is 0 Å². The van der Waals surface area contributed by atoms with Crippen molar-refractivity contribution in [1.29, 1.82) is 0 Å². The van der Waals surface area contributed by atoms with Gasteiger partial charge in [-0.2, -0.15) is 0 Å². The number of nitrogens with one attached hydrogen (secondary N) is 1. The molecule has 2 rings (SSSR count). The second-order valence-electron chi connectivity index (χ2n) is 5.36. The van der Waals surface area contributed by atoms with Gasteiger partial charge in [0, 0.05) is 11.7 Å². The summed E-state index contributed by atoms with van der Waals surface area (Å²) in [5.74, 6) is 0.124. The molecular weight excluding hydrogens is 267 g/mol. The number of anilines is 1. The highest BCUT2D eigenvalue weighted by Crippen LogP contribution is 2.32. The van der Waals surface area contributed by atoms with E-state index in [1.54, 1.807) is 0 Å². The fourth-order valence-electron chi connectivity index (χ4n) is 2.54. The lowest BCUT2D eigenvalue weighted by molar-refractivity contribution is 0.402. The molecule has 0 amide bonds. The molecule has 1 aliphatic carbocycles. The zero-order chi connectivity index (χ0) is 14.2. The molecule has 1 aliphatic rings. The third-order valence-electron chi connectivity index (χ3n) is 3.98. The predicted molar refractivity (Wildman–Crippen MR) is 72.5 cm³/mol. The van der Waals surface area contributed by atoms with Gasteiger partial charge in [0.05, 0.1) is 4.90 Å². The lowest BCUT2D eigenvalue weighted by Gasteiger charge is -2.19. The summed E-state index contributed by atoms with van der Waals surface area (Å²) in [6.45, 7) is 4.14. The van der Waals surface area contributed by atoms with Crippen molar-refractivity contribution in [2.45, 2.75) is 37.6 Å². The first-order valence-corrected chi connectivity index (χ1v) is 7.86. The van der Waals surface area contributed by atoms with E-state index in [4.69, 9.17) is 5.73 Å². The van der Waals surface area contributed by atoms with Gasteiger partial charge < -0.3 is 5.73 Å². The number of nitrogen functional groups attached to an aromatic ring is 1. The summed E-state index contributed by atoms with van der Waals surface area (Å²) in [6, 6.07) is 3.26. The van der Waals surface area contributed by atoms with Crippen LogP contribution < -0.4 is 10.5 Å². The Balaban J connectivity index is 2.23. The molecule has 4 nitrogen and oxygen atoms in total. The molecule has 19 heavy (non-hydrogen) atoms. The smallest absolute Gasteiger partial charge is 0.241 e. The maximum atomic E-state index is 13.2. The Morgan fingerprint density at radius 2 is 1.95 bits per heavy atom. The fourth-order valence-corrected chi connectivity index (χ4v) is 3.96. The zero-order valence-electron chi connectivity index (χ0n) is 11.1. The SMILES string of the molecule is CC1CCC(NS(=O)(=O)c2cc(N)cc(F)c2)C1C. The van der Waals surface area contributed by atoms with Crippen molar-refractivity contribution < 1.29 is 12.8 Å². The van der Waals surface area contributed by atoms with Crippen molar-refractivity contribution in [3.63, 3.8) is 0 Å². The first-order valence-electron chi connectivity index (χ1n) is 6.38. The molecule has 3 atom stereocenters. The maximum Gasteiger partial charge on any atom is 0.241 e. The van der Waals surface area contributed by atoms with Crippen molar-refractivity contribution in [2.75, 3.05) is 5.73 Å². The molecule has 1 aromatic rings. The minimum Gasteiger partial charge on any atom is -0.399 e. The van der Waals surface area contributed by atoms with Crippen LogP contribution in [-0.2, 0) is 10.0 Å². The third-order valence-corrected chi connectivity index (χ3v) is 5.45. The van der Waals surface area contributed by atoms with Crippen molar-refractivity contribution in [1.82, 2.24) is 4.72 Å². The van der Waals surface area contributed by atoms with E-state index in [9.17, 15) is 12.8 Å². The minimum atomic E-state index is -3.72. The molecule has 3 unspecified atom stereocenters. The van der Waals surface area contributed by atoms with Crippen LogP contribution >= 0.6 is 0 Å². The summed E-state index contributed by atoms with van der Waals surface area (Å²) in [5, 5.41) is 0. The summed E-state index contributed by atoms with van der Waals surface area (Å²) >= 11 is 0. The second-order valence-corrected chi connectivity index (χ2v) is 7.08. The fraction of sp³-hybridized carbons (Fsp3) is 0.538. The molecule has 0 saturated heterocycles. The number of hydrogen-bond acceptors (Lipinski definition) is 3. The Kier molecular flexibility index (Phi) is 3.82. The molecular formula is C13H19FN2O2S. The topological polar surface area (TPSA) is 72.2 Å². The van der Waals surface area contributed by atoms with E-state index in [-0.39, 0.29) is 22.5 Å². The Hall–Kier alpha value is -1.14. The highest BCUT2D eigenvalue weighted by molar-refractivity contribution is 7.89. The molecule has 3 N–H and O–H groups in total. The third kappa shape index (κ3) is 3.06. The molecule has 1 aromatic carbocycles. The van der Waals surface area contributed by atoms with E-state index in [0.29, 0.717) is 5.92 Å². The van der Waals surface area contributed by atoms with E-state index in [1.807, 2.05) is 6.92 Å². The van der Waals surface area contributed by atoms with Gasteiger partial charge in [-0.1, -0.05) is 13.8 Å². The number of halogens is 1. The highest BCUT2D eigenvalue weighted by atomic mass is 32.2. The van der Waals surface area contributed by atoms with Crippen LogP contribution in [0.25, 0.3) is 0 Å². The van der Waals surface area contributed by atoms with Gasteiger partial charge in [0.25, 0.3) is 0 Å². The Labute approximate surface area is 113 Å². The van der Waals surface area contributed by atoms with E-state index in [2.05, 4.69) is 11.6 Å². The molecule has 0 aliphatic heterocycles. The largest absolute Gasteiger partial charge is 0.399 e. The lowest BCUT2D eigenvalue weighted by atomic mass is 9.98. The summed E-state index contributed by atoms with van der Waals surface area (Å²) in [4.78, 5) is -0.114. The number of rotatable bonds is 3. The van der Waals surface area contributed by atoms with E-state index in [1.165, 1.54) is 6.07 Å². The summed E-state index contributed by atoms with van der Waals surface area (Å²) in [7, 11) is -3.72. The van der Waals surface area contributed by atoms with Gasteiger partial charge in [0.2, 0.25) is 10.0 Å². The second kappa shape index (κ2) is 5.09. The van der Waals surface area contributed by atoms with Gasteiger partial charge >= 0.3 is 0 Å². The first kappa shape index (κ1) is 14.3. The van der Waals surface area contributed by atoms with Crippen LogP contribution in [0.4, 0.5) is 10.1 Å². The standard InChI is InChI=1S/C13H19FN2O2S/c1-8-3-4-13(9(8)2)16-19(17,18)12-6-10(14)5-11(15)7-12/h5-9,13,16H,3-4,15H2,1-2H3. The lowest BCUT2D eigenvalue weighted by Crippen LogP contribution is -2.37. The van der Waals surface area contributed by atoms with Crippen LogP contribution in [0.2, 0.25) is 0 Å². The van der Waals surface area contributed by atoms with Crippen molar-refractivity contribution >= 4 is 15.7 Å². The minimum absolute atomic E-state index is 0.0931. The van der Waals surface area contributed by atoms with Gasteiger partial charge in [-0.15, -0.1) is 0 Å². The highest BCUT2D eigenvalue weighted by Gasteiger charge is 2.33. The zero-order valence-corrected chi connectivity index (χ0v) is 11.9. The predicted octanol–water partition coefficient (Wildman–Crippen LogP) is 2.12. The van der Waals surface area contributed by atoms with Crippen LogP contribution in [0.15, 0.2) is 23.1 Å². The average molecular weight is 286 g/mol. The summed E-state index contributed by atoms with van der Waals surface area (Å²) < 4.78 is 40.3. The number of benzene rings is 1.